The van der Waals surface area contributed by atoms with Crippen molar-refractivity contribution in [3.8, 4) is 5.75 Å². The predicted molar refractivity (Wildman–Crippen MR) is 82.4 cm³/mol. The van der Waals surface area contributed by atoms with E-state index in [-0.39, 0.29) is 5.75 Å². The fraction of sp³-hybridized carbons (Fsp3) is 0.143. The van der Waals surface area contributed by atoms with Crippen molar-refractivity contribution in [2.45, 2.75) is 12.8 Å². The molecule has 2 aromatic heterocycles. The summed E-state index contributed by atoms with van der Waals surface area (Å²) in [5.41, 5.74) is 13.8. The van der Waals surface area contributed by atoms with Crippen molar-refractivity contribution in [2.24, 2.45) is 5.73 Å². The Morgan fingerprint density at radius 1 is 1.38 bits per heavy atom. The fourth-order valence-electron chi connectivity index (χ4n) is 2.40. The number of aromatic hydroxyl groups is 1. The summed E-state index contributed by atoms with van der Waals surface area (Å²) in [7, 11) is 0. The molecule has 0 atom stereocenters. The van der Waals surface area contributed by atoms with E-state index in [0.29, 0.717) is 23.7 Å². The van der Waals surface area contributed by atoms with Gasteiger partial charge < -0.3 is 21.6 Å². The second-order valence-electron chi connectivity index (χ2n) is 4.75. The third-order valence-electron chi connectivity index (χ3n) is 3.34. The van der Waals surface area contributed by atoms with Crippen molar-refractivity contribution in [3.63, 3.8) is 0 Å². The van der Waals surface area contributed by atoms with Gasteiger partial charge in [0.1, 0.15) is 11.4 Å². The molecule has 0 saturated carbocycles. The van der Waals surface area contributed by atoms with E-state index < -0.39 is 5.91 Å². The quantitative estimate of drug-likeness (QED) is 0.587. The number of carbonyl (C=O) groups is 1. The molecule has 108 valence electrons. The summed E-state index contributed by atoms with van der Waals surface area (Å²) < 4.78 is 0. The number of phenols is 1. The molecule has 0 radical (unpaired) electrons. The molecule has 0 unspecified atom stereocenters. The van der Waals surface area contributed by atoms with E-state index in [1.807, 2.05) is 5.38 Å². The number of H-pyrrole nitrogens is 1. The van der Waals surface area contributed by atoms with Crippen LogP contribution in [-0.4, -0.2) is 21.0 Å². The molecule has 0 aliphatic heterocycles. The van der Waals surface area contributed by atoms with Crippen LogP contribution in [0.1, 0.15) is 21.7 Å². The summed E-state index contributed by atoms with van der Waals surface area (Å²) in [6.07, 6.45) is 1.24. The Hall–Kier alpha value is -2.54. The largest absolute Gasteiger partial charge is 0.508 e. The summed E-state index contributed by atoms with van der Waals surface area (Å²) in [6, 6.07) is 4.92. The minimum atomic E-state index is -0.515. The van der Waals surface area contributed by atoms with Gasteiger partial charge in [-0.2, -0.15) is 0 Å². The van der Waals surface area contributed by atoms with Crippen molar-refractivity contribution < 1.29 is 9.90 Å². The van der Waals surface area contributed by atoms with Gasteiger partial charge in [0.25, 0.3) is 5.91 Å². The lowest BCUT2D eigenvalue weighted by Crippen LogP contribution is -2.14. The highest BCUT2D eigenvalue weighted by Gasteiger charge is 2.16. The predicted octanol–water partition coefficient (Wildman–Crippen LogP) is 1.80. The van der Waals surface area contributed by atoms with Crippen LogP contribution >= 0.6 is 11.3 Å². The second-order valence-corrected chi connectivity index (χ2v) is 5.64. The Morgan fingerprint density at radius 3 is 2.86 bits per heavy atom. The molecule has 3 aromatic rings. The lowest BCUT2D eigenvalue weighted by atomic mass is 10.0. The number of nitrogens with zero attached hydrogens (tertiary/aromatic N) is 1. The van der Waals surface area contributed by atoms with E-state index >= 15 is 0 Å². The Bertz CT molecular complexity index is 822. The van der Waals surface area contributed by atoms with Crippen LogP contribution in [0.3, 0.4) is 0 Å². The van der Waals surface area contributed by atoms with Crippen LogP contribution in [0.2, 0.25) is 0 Å². The highest BCUT2D eigenvalue weighted by Crippen LogP contribution is 2.27. The lowest BCUT2D eigenvalue weighted by molar-refractivity contribution is 0.0995. The van der Waals surface area contributed by atoms with Crippen LogP contribution in [0.4, 0.5) is 5.13 Å². The zero-order valence-electron chi connectivity index (χ0n) is 11.1. The van der Waals surface area contributed by atoms with E-state index in [2.05, 4.69) is 9.97 Å². The van der Waals surface area contributed by atoms with Gasteiger partial charge in [-0.15, -0.1) is 11.3 Å². The highest BCUT2D eigenvalue weighted by molar-refractivity contribution is 7.13. The van der Waals surface area contributed by atoms with Crippen LogP contribution in [0, 0.1) is 0 Å². The number of nitrogen functional groups attached to an aromatic ring is 1. The van der Waals surface area contributed by atoms with Gasteiger partial charge in [0.15, 0.2) is 5.13 Å². The zero-order chi connectivity index (χ0) is 15.0. The van der Waals surface area contributed by atoms with E-state index in [1.165, 1.54) is 11.3 Å². The Kier molecular flexibility index (Phi) is 3.26. The van der Waals surface area contributed by atoms with Gasteiger partial charge >= 0.3 is 0 Å². The topological polar surface area (TPSA) is 118 Å². The van der Waals surface area contributed by atoms with E-state index in [9.17, 15) is 9.90 Å². The first kappa shape index (κ1) is 13.4. The summed E-state index contributed by atoms with van der Waals surface area (Å²) in [5, 5.41) is 12.9. The maximum atomic E-state index is 11.6. The van der Waals surface area contributed by atoms with Crippen molar-refractivity contribution in [1.29, 1.82) is 0 Å². The maximum absolute atomic E-state index is 11.6. The monoisotopic (exact) mass is 302 g/mol. The molecule has 0 saturated heterocycles. The van der Waals surface area contributed by atoms with Gasteiger partial charge in [-0.3, -0.25) is 4.79 Å². The Morgan fingerprint density at radius 2 is 2.19 bits per heavy atom. The molecule has 1 aromatic carbocycles. The summed E-state index contributed by atoms with van der Waals surface area (Å²) in [5.74, 6) is -0.366. The SMILES string of the molecule is NC(=O)c1[nH]c2ccc(O)cc2c1CCc1csc(N)n1. The first-order valence-corrected chi connectivity index (χ1v) is 7.26. The molecule has 21 heavy (non-hydrogen) atoms. The van der Waals surface area contributed by atoms with Crippen LogP contribution in [0.5, 0.6) is 5.75 Å². The summed E-state index contributed by atoms with van der Waals surface area (Å²) >= 11 is 1.39. The van der Waals surface area contributed by atoms with Crippen LogP contribution in [-0.2, 0) is 12.8 Å². The molecule has 0 spiro atoms. The zero-order valence-corrected chi connectivity index (χ0v) is 11.9. The highest BCUT2D eigenvalue weighted by atomic mass is 32.1. The molecule has 0 aliphatic rings. The van der Waals surface area contributed by atoms with Gasteiger partial charge in [-0.1, -0.05) is 0 Å². The molecule has 6 nitrogen and oxygen atoms in total. The minimum absolute atomic E-state index is 0.150. The summed E-state index contributed by atoms with van der Waals surface area (Å²) in [6.45, 7) is 0. The number of hydrogen-bond donors (Lipinski definition) is 4. The molecule has 7 heteroatoms. The molecule has 2 heterocycles. The number of rotatable bonds is 4. The number of phenolic OH excluding ortho intramolecular Hbond substituents is 1. The number of amides is 1. The molecule has 1 amide bonds. The van der Waals surface area contributed by atoms with Crippen molar-refractivity contribution in [3.05, 3.63) is 40.5 Å². The number of thiazole rings is 1. The molecular weight excluding hydrogens is 288 g/mol. The minimum Gasteiger partial charge on any atom is -0.508 e. The van der Waals surface area contributed by atoms with Gasteiger partial charge in [0.05, 0.1) is 5.69 Å². The van der Waals surface area contributed by atoms with Gasteiger partial charge in [0.2, 0.25) is 0 Å². The average Bonchev–Trinajstić information content (AvgIpc) is 3.00. The number of primary amides is 1. The third kappa shape index (κ3) is 2.55. The molecule has 0 fully saturated rings. The van der Waals surface area contributed by atoms with Crippen LogP contribution in [0.15, 0.2) is 23.6 Å². The van der Waals surface area contributed by atoms with Crippen LogP contribution < -0.4 is 11.5 Å². The van der Waals surface area contributed by atoms with Crippen molar-refractivity contribution >= 4 is 33.3 Å². The second kappa shape index (κ2) is 5.10. The Labute approximate surface area is 124 Å². The number of aromatic nitrogens is 2. The molecular formula is C14H14N4O2S. The Balaban J connectivity index is 2.00. The van der Waals surface area contributed by atoms with E-state index in [1.54, 1.807) is 18.2 Å². The van der Waals surface area contributed by atoms with Crippen LogP contribution in [0.25, 0.3) is 10.9 Å². The number of fused-ring (bicyclic) bond motifs is 1. The van der Waals surface area contributed by atoms with Crippen molar-refractivity contribution in [1.82, 2.24) is 9.97 Å². The molecule has 0 aliphatic carbocycles. The molecule has 0 bridgehead atoms. The maximum Gasteiger partial charge on any atom is 0.265 e. The number of carbonyl (C=O) groups excluding carboxylic acids is 1. The number of nitrogens with one attached hydrogen (secondary N) is 1. The fourth-order valence-corrected chi connectivity index (χ4v) is 2.99. The number of benzene rings is 1. The van der Waals surface area contributed by atoms with E-state index in [4.69, 9.17) is 11.5 Å². The smallest absolute Gasteiger partial charge is 0.265 e. The standard InChI is InChI=1S/C14H14N4O2S/c15-13(20)12-9(3-1-7-6-21-14(16)17-7)10-5-8(19)2-4-11(10)18-12/h2,4-6,18-19H,1,3H2,(H2,15,20)(H2,16,17). The normalized spacial score (nSPS) is 11.0. The average molecular weight is 302 g/mol. The number of anilines is 1. The number of hydrogen-bond acceptors (Lipinski definition) is 5. The number of aryl methyl sites for hydroxylation is 2. The molecule has 3 rings (SSSR count). The van der Waals surface area contributed by atoms with E-state index in [0.717, 1.165) is 22.2 Å². The van der Waals surface area contributed by atoms with Gasteiger partial charge in [-0.25, -0.2) is 4.98 Å². The summed E-state index contributed by atoms with van der Waals surface area (Å²) in [4.78, 5) is 18.8. The number of nitrogens with two attached hydrogens (primary N) is 2. The first-order valence-electron chi connectivity index (χ1n) is 6.38. The first-order chi connectivity index (χ1) is 10.0. The lowest BCUT2D eigenvalue weighted by Gasteiger charge is -2.01. The van der Waals surface area contributed by atoms with Gasteiger partial charge in [-0.05, 0) is 36.6 Å². The van der Waals surface area contributed by atoms with Gasteiger partial charge in [0, 0.05) is 16.3 Å². The third-order valence-corrected chi connectivity index (χ3v) is 4.06. The number of aromatic amines is 1. The van der Waals surface area contributed by atoms with Crippen molar-refractivity contribution in [2.75, 3.05) is 5.73 Å². The molecule has 6 N–H and O–H groups in total.